The van der Waals surface area contributed by atoms with Crippen molar-refractivity contribution < 1.29 is 9.53 Å². The Morgan fingerprint density at radius 2 is 2.17 bits per heavy atom. The summed E-state index contributed by atoms with van der Waals surface area (Å²) in [6, 6.07) is 9.39. The molecule has 1 unspecified atom stereocenters. The molecular formula is C18H27N3O2. The van der Waals surface area contributed by atoms with E-state index in [4.69, 9.17) is 10.5 Å². The molecule has 0 bridgehead atoms. The number of ether oxygens (including phenoxy) is 1. The van der Waals surface area contributed by atoms with Crippen LogP contribution in [0.25, 0.3) is 0 Å². The third kappa shape index (κ3) is 4.24. The van der Waals surface area contributed by atoms with Gasteiger partial charge in [-0.1, -0.05) is 18.6 Å². The normalized spacial score (nSPS) is 23.4. The van der Waals surface area contributed by atoms with Crippen molar-refractivity contribution in [1.29, 1.82) is 0 Å². The van der Waals surface area contributed by atoms with Crippen molar-refractivity contribution in [3.8, 4) is 5.75 Å². The molecule has 1 atom stereocenters. The van der Waals surface area contributed by atoms with Crippen LogP contribution in [0.5, 0.6) is 5.75 Å². The Labute approximate surface area is 138 Å². The van der Waals surface area contributed by atoms with Gasteiger partial charge in [0, 0.05) is 31.7 Å². The van der Waals surface area contributed by atoms with Crippen molar-refractivity contribution in [2.75, 3.05) is 26.2 Å². The maximum absolute atomic E-state index is 10.8. The lowest BCUT2D eigenvalue weighted by atomic mass is 9.97. The minimum atomic E-state index is -0.448. The van der Waals surface area contributed by atoms with Crippen LogP contribution in [-0.4, -0.2) is 54.0 Å². The standard InChI is InChI=1S/C18H27N3O2/c1-14-5-2-3-8-21(14)16-11-20(12-16)10-15-6-4-7-17(9-15)23-13-18(19)22/h4,6-7,9,14,16H,2-3,5,8,10-13H2,1H3,(H2,19,22). The van der Waals surface area contributed by atoms with Crippen molar-refractivity contribution in [2.24, 2.45) is 5.73 Å². The zero-order chi connectivity index (χ0) is 16.2. The first-order valence-electron chi connectivity index (χ1n) is 8.60. The largest absolute Gasteiger partial charge is 0.484 e. The molecule has 1 aromatic carbocycles. The van der Waals surface area contributed by atoms with Crippen molar-refractivity contribution in [1.82, 2.24) is 9.80 Å². The zero-order valence-corrected chi connectivity index (χ0v) is 13.9. The lowest BCUT2D eigenvalue weighted by Crippen LogP contribution is -2.61. The summed E-state index contributed by atoms with van der Waals surface area (Å²) in [5, 5.41) is 0. The first kappa shape index (κ1) is 16.3. The Balaban J connectivity index is 1.48. The fourth-order valence-electron chi connectivity index (χ4n) is 3.69. The summed E-state index contributed by atoms with van der Waals surface area (Å²) in [7, 11) is 0. The molecule has 23 heavy (non-hydrogen) atoms. The molecule has 2 aliphatic heterocycles. The number of hydrogen-bond acceptors (Lipinski definition) is 4. The third-order valence-corrected chi connectivity index (χ3v) is 4.95. The average molecular weight is 317 g/mol. The number of primary amides is 1. The van der Waals surface area contributed by atoms with Crippen molar-refractivity contribution in [2.45, 2.75) is 44.8 Å². The van der Waals surface area contributed by atoms with E-state index in [0.29, 0.717) is 5.75 Å². The zero-order valence-electron chi connectivity index (χ0n) is 13.9. The predicted molar refractivity (Wildman–Crippen MR) is 90.2 cm³/mol. The first-order chi connectivity index (χ1) is 11.1. The van der Waals surface area contributed by atoms with Gasteiger partial charge in [0.2, 0.25) is 0 Å². The maximum atomic E-state index is 10.8. The summed E-state index contributed by atoms with van der Waals surface area (Å²) in [6.07, 6.45) is 4.07. The first-order valence-corrected chi connectivity index (χ1v) is 8.60. The van der Waals surface area contributed by atoms with Crippen LogP contribution in [0.3, 0.4) is 0 Å². The molecular weight excluding hydrogens is 290 g/mol. The Kier molecular flexibility index (Phi) is 5.18. The number of piperidine rings is 1. The minimum Gasteiger partial charge on any atom is -0.484 e. The van der Waals surface area contributed by atoms with Crippen LogP contribution in [-0.2, 0) is 11.3 Å². The van der Waals surface area contributed by atoms with E-state index in [0.717, 1.165) is 31.7 Å². The van der Waals surface area contributed by atoms with Gasteiger partial charge in [-0.05, 0) is 44.0 Å². The number of carbonyl (C=O) groups excluding carboxylic acids is 1. The van der Waals surface area contributed by atoms with Crippen LogP contribution >= 0.6 is 0 Å². The quantitative estimate of drug-likeness (QED) is 0.866. The van der Waals surface area contributed by atoms with Gasteiger partial charge in [-0.15, -0.1) is 0 Å². The summed E-state index contributed by atoms with van der Waals surface area (Å²) in [4.78, 5) is 15.9. The van der Waals surface area contributed by atoms with Gasteiger partial charge in [-0.3, -0.25) is 14.6 Å². The van der Waals surface area contributed by atoms with E-state index >= 15 is 0 Å². The van der Waals surface area contributed by atoms with Crippen molar-refractivity contribution in [3.63, 3.8) is 0 Å². The van der Waals surface area contributed by atoms with Crippen molar-refractivity contribution in [3.05, 3.63) is 29.8 Å². The second kappa shape index (κ2) is 7.32. The number of carbonyl (C=O) groups is 1. The molecule has 2 saturated heterocycles. The van der Waals surface area contributed by atoms with E-state index in [-0.39, 0.29) is 6.61 Å². The van der Waals surface area contributed by atoms with E-state index in [1.54, 1.807) is 0 Å². The predicted octanol–water partition coefficient (Wildman–Crippen LogP) is 1.61. The van der Waals surface area contributed by atoms with E-state index in [9.17, 15) is 4.79 Å². The molecule has 0 radical (unpaired) electrons. The topological polar surface area (TPSA) is 58.8 Å². The summed E-state index contributed by atoms with van der Waals surface area (Å²) in [5.74, 6) is 0.264. The summed E-state index contributed by atoms with van der Waals surface area (Å²) < 4.78 is 5.37. The molecule has 0 spiro atoms. The fourth-order valence-corrected chi connectivity index (χ4v) is 3.69. The number of nitrogens with two attached hydrogens (primary N) is 1. The highest BCUT2D eigenvalue weighted by Gasteiger charge is 2.34. The summed E-state index contributed by atoms with van der Waals surface area (Å²) in [6.45, 7) is 6.79. The second-order valence-electron chi connectivity index (χ2n) is 6.83. The van der Waals surface area contributed by atoms with Gasteiger partial charge < -0.3 is 10.5 Å². The number of amides is 1. The molecule has 5 heteroatoms. The molecule has 1 amide bonds. The Bertz CT molecular complexity index is 543. The Hall–Kier alpha value is -1.59. The molecule has 0 saturated carbocycles. The molecule has 0 aromatic heterocycles. The SMILES string of the molecule is CC1CCCCN1C1CN(Cc2cccc(OCC(N)=O)c2)C1. The van der Waals surface area contributed by atoms with Crippen LogP contribution in [0.4, 0.5) is 0 Å². The van der Waals surface area contributed by atoms with Crippen LogP contribution in [0.15, 0.2) is 24.3 Å². The number of rotatable bonds is 6. The van der Waals surface area contributed by atoms with Crippen LogP contribution in [0.1, 0.15) is 31.7 Å². The monoisotopic (exact) mass is 317 g/mol. The van der Waals surface area contributed by atoms with Gasteiger partial charge in [0.25, 0.3) is 5.91 Å². The van der Waals surface area contributed by atoms with E-state index < -0.39 is 5.91 Å². The smallest absolute Gasteiger partial charge is 0.255 e. The van der Waals surface area contributed by atoms with Gasteiger partial charge >= 0.3 is 0 Å². The maximum Gasteiger partial charge on any atom is 0.255 e. The van der Waals surface area contributed by atoms with Gasteiger partial charge in [-0.25, -0.2) is 0 Å². The molecule has 0 aliphatic carbocycles. The van der Waals surface area contributed by atoms with Crippen LogP contribution in [0.2, 0.25) is 0 Å². The van der Waals surface area contributed by atoms with E-state index in [1.807, 2.05) is 18.2 Å². The van der Waals surface area contributed by atoms with Crippen LogP contribution in [0, 0.1) is 0 Å². The second-order valence-corrected chi connectivity index (χ2v) is 6.83. The minimum absolute atomic E-state index is 0.0674. The van der Waals surface area contributed by atoms with Gasteiger partial charge in [-0.2, -0.15) is 0 Å². The Morgan fingerprint density at radius 3 is 2.91 bits per heavy atom. The number of likely N-dealkylation sites (tertiary alicyclic amines) is 2. The number of benzene rings is 1. The molecule has 2 heterocycles. The highest BCUT2D eigenvalue weighted by atomic mass is 16.5. The highest BCUT2D eigenvalue weighted by molar-refractivity contribution is 5.75. The van der Waals surface area contributed by atoms with Gasteiger partial charge in [0.05, 0.1) is 0 Å². The van der Waals surface area contributed by atoms with Crippen molar-refractivity contribution >= 4 is 5.91 Å². The van der Waals surface area contributed by atoms with E-state index in [2.05, 4.69) is 22.8 Å². The molecule has 2 fully saturated rings. The molecule has 2 N–H and O–H groups in total. The summed E-state index contributed by atoms with van der Waals surface area (Å²) >= 11 is 0. The average Bonchev–Trinajstić information content (AvgIpc) is 2.50. The molecule has 2 aliphatic rings. The summed E-state index contributed by atoms with van der Waals surface area (Å²) in [5.41, 5.74) is 6.33. The lowest BCUT2D eigenvalue weighted by Gasteiger charge is -2.49. The Morgan fingerprint density at radius 1 is 1.35 bits per heavy atom. The molecule has 3 rings (SSSR count). The third-order valence-electron chi connectivity index (χ3n) is 4.95. The van der Waals surface area contributed by atoms with Crippen LogP contribution < -0.4 is 10.5 Å². The molecule has 5 nitrogen and oxygen atoms in total. The van der Waals surface area contributed by atoms with E-state index in [1.165, 1.54) is 31.4 Å². The van der Waals surface area contributed by atoms with Gasteiger partial charge in [0.15, 0.2) is 6.61 Å². The number of hydrogen-bond donors (Lipinski definition) is 1. The lowest BCUT2D eigenvalue weighted by molar-refractivity contribution is -0.119. The molecule has 1 aromatic rings. The number of nitrogens with zero attached hydrogens (tertiary/aromatic N) is 2. The fraction of sp³-hybridized carbons (Fsp3) is 0.611. The molecule has 126 valence electrons. The highest BCUT2D eigenvalue weighted by Crippen LogP contribution is 2.26. The van der Waals surface area contributed by atoms with Gasteiger partial charge in [0.1, 0.15) is 5.75 Å².